The molecular formula is C19H23NO6S. The molecule has 2 aromatic rings. The van der Waals surface area contributed by atoms with Crippen LogP contribution in [0.3, 0.4) is 0 Å². The lowest BCUT2D eigenvalue weighted by Crippen LogP contribution is -2.16. The molecule has 7 nitrogen and oxygen atoms in total. The van der Waals surface area contributed by atoms with Crippen molar-refractivity contribution in [3.63, 3.8) is 0 Å². The SMILES string of the molecule is COCCn1c(C)cc(C(=O)COC(=O)c2cccc(S(C)(=O)=O)c2)c1C. The zero-order chi connectivity index (χ0) is 20.2. The van der Waals surface area contributed by atoms with Crippen molar-refractivity contribution in [1.29, 1.82) is 0 Å². The van der Waals surface area contributed by atoms with Crippen molar-refractivity contribution in [2.75, 3.05) is 26.6 Å². The molecule has 0 aliphatic rings. The first-order chi connectivity index (χ1) is 12.6. The second-order valence-corrected chi connectivity index (χ2v) is 8.24. The monoisotopic (exact) mass is 393 g/mol. The number of Topliss-reactive ketones (excluding diaryl/α,β-unsaturated/α-hetero) is 1. The van der Waals surface area contributed by atoms with Crippen LogP contribution < -0.4 is 0 Å². The van der Waals surface area contributed by atoms with Crippen molar-refractivity contribution in [1.82, 2.24) is 4.57 Å². The predicted octanol–water partition coefficient (Wildman–Crippen LogP) is 2.19. The lowest BCUT2D eigenvalue weighted by molar-refractivity contribution is 0.0474. The average Bonchev–Trinajstić information content (AvgIpc) is 2.91. The van der Waals surface area contributed by atoms with Gasteiger partial charge < -0.3 is 14.0 Å². The summed E-state index contributed by atoms with van der Waals surface area (Å²) in [5.74, 6) is -1.07. The van der Waals surface area contributed by atoms with E-state index in [1.54, 1.807) is 13.2 Å². The van der Waals surface area contributed by atoms with Crippen molar-refractivity contribution in [3.8, 4) is 0 Å². The van der Waals surface area contributed by atoms with Gasteiger partial charge in [0.2, 0.25) is 5.78 Å². The third-order valence-corrected chi connectivity index (χ3v) is 5.34. The Bertz CT molecular complexity index is 959. The molecule has 1 aromatic heterocycles. The van der Waals surface area contributed by atoms with E-state index in [0.717, 1.165) is 17.6 Å². The number of hydrogen-bond acceptors (Lipinski definition) is 6. The van der Waals surface area contributed by atoms with Crippen molar-refractivity contribution < 1.29 is 27.5 Å². The van der Waals surface area contributed by atoms with Gasteiger partial charge in [-0.1, -0.05) is 6.07 Å². The molecule has 0 atom stereocenters. The van der Waals surface area contributed by atoms with Crippen LogP contribution in [0.25, 0.3) is 0 Å². The molecule has 0 amide bonds. The molecule has 0 unspecified atom stereocenters. The highest BCUT2D eigenvalue weighted by Crippen LogP contribution is 2.17. The summed E-state index contributed by atoms with van der Waals surface area (Å²) < 4.78 is 35.3. The van der Waals surface area contributed by atoms with E-state index in [1.165, 1.54) is 24.3 Å². The summed E-state index contributed by atoms with van der Waals surface area (Å²) in [6.45, 7) is 4.45. The van der Waals surface area contributed by atoms with E-state index in [4.69, 9.17) is 9.47 Å². The van der Waals surface area contributed by atoms with Gasteiger partial charge in [-0.3, -0.25) is 4.79 Å². The standard InChI is InChI=1S/C19H23NO6S/c1-13-10-17(14(2)20(13)8-9-25-3)18(21)12-26-19(22)15-6-5-7-16(11-15)27(4,23)24/h5-7,10-11H,8-9,12H2,1-4H3. The first-order valence-corrected chi connectivity index (χ1v) is 10.2. The Balaban J connectivity index is 2.09. The number of aromatic nitrogens is 1. The molecule has 0 radical (unpaired) electrons. The molecule has 0 saturated carbocycles. The van der Waals surface area contributed by atoms with E-state index >= 15 is 0 Å². The number of carbonyl (C=O) groups excluding carboxylic acids is 2. The minimum absolute atomic E-state index is 0.0185. The third kappa shape index (κ3) is 5.05. The van der Waals surface area contributed by atoms with Crippen LogP contribution in [0.1, 0.15) is 32.1 Å². The fraction of sp³-hybridized carbons (Fsp3) is 0.368. The van der Waals surface area contributed by atoms with Crippen molar-refractivity contribution in [3.05, 3.63) is 52.8 Å². The Kier molecular flexibility index (Phi) is 6.56. The number of nitrogens with zero attached hydrogens (tertiary/aromatic N) is 1. The number of carbonyl (C=O) groups is 2. The quantitative estimate of drug-likeness (QED) is 0.504. The van der Waals surface area contributed by atoms with E-state index in [9.17, 15) is 18.0 Å². The summed E-state index contributed by atoms with van der Waals surface area (Å²) in [7, 11) is -1.83. The molecule has 8 heteroatoms. The number of rotatable bonds is 8. The fourth-order valence-corrected chi connectivity index (χ4v) is 3.42. The molecule has 0 fully saturated rings. The highest BCUT2D eigenvalue weighted by Gasteiger charge is 2.18. The molecule has 1 aromatic carbocycles. The topological polar surface area (TPSA) is 91.7 Å². The summed E-state index contributed by atoms with van der Waals surface area (Å²) >= 11 is 0. The zero-order valence-corrected chi connectivity index (χ0v) is 16.6. The van der Waals surface area contributed by atoms with Crippen LogP contribution in [0.2, 0.25) is 0 Å². The van der Waals surface area contributed by atoms with Gasteiger partial charge in [-0.15, -0.1) is 0 Å². The van der Waals surface area contributed by atoms with E-state index < -0.39 is 22.4 Å². The van der Waals surface area contributed by atoms with E-state index in [-0.39, 0.29) is 16.2 Å². The number of hydrogen-bond donors (Lipinski definition) is 0. The molecule has 1 heterocycles. The first kappa shape index (κ1) is 20.9. The largest absolute Gasteiger partial charge is 0.454 e. The summed E-state index contributed by atoms with van der Waals surface area (Å²) in [6, 6.07) is 7.28. The second-order valence-electron chi connectivity index (χ2n) is 6.23. The molecule has 0 spiro atoms. The second kappa shape index (κ2) is 8.49. The number of sulfone groups is 1. The summed E-state index contributed by atoms with van der Waals surface area (Å²) in [5.41, 5.74) is 2.27. The maximum absolute atomic E-state index is 12.4. The van der Waals surface area contributed by atoms with Gasteiger partial charge in [0, 0.05) is 36.9 Å². The van der Waals surface area contributed by atoms with Gasteiger partial charge in [-0.05, 0) is 38.1 Å². The molecule has 0 saturated heterocycles. The molecule has 0 aliphatic carbocycles. The average molecular weight is 393 g/mol. The van der Waals surface area contributed by atoms with Gasteiger partial charge in [0.1, 0.15) is 0 Å². The maximum Gasteiger partial charge on any atom is 0.338 e. The third-order valence-electron chi connectivity index (χ3n) is 4.23. The summed E-state index contributed by atoms with van der Waals surface area (Å²) in [6.07, 6.45) is 1.06. The van der Waals surface area contributed by atoms with E-state index in [1.807, 2.05) is 18.4 Å². The molecule has 0 aliphatic heterocycles. The summed E-state index contributed by atoms with van der Waals surface area (Å²) in [4.78, 5) is 24.6. The number of aryl methyl sites for hydroxylation is 1. The Labute approximate surface area is 158 Å². The van der Waals surface area contributed by atoms with Crippen LogP contribution in [-0.4, -0.2) is 51.3 Å². The minimum Gasteiger partial charge on any atom is -0.454 e. The maximum atomic E-state index is 12.4. The van der Waals surface area contributed by atoms with Crippen LogP contribution in [0.15, 0.2) is 35.2 Å². The predicted molar refractivity (Wildman–Crippen MR) is 99.9 cm³/mol. The zero-order valence-electron chi connectivity index (χ0n) is 15.8. The molecular weight excluding hydrogens is 370 g/mol. The van der Waals surface area contributed by atoms with Gasteiger partial charge in [0.25, 0.3) is 0 Å². The van der Waals surface area contributed by atoms with Crippen molar-refractivity contribution >= 4 is 21.6 Å². The van der Waals surface area contributed by atoms with Crippen molar-refractivity contribution in [2.24, 2.45) is 0 Å². The number of esters is 1. The highest BCUT2D eigenvalue weighted by molar-refractivity contribution is 7.90. The smallest absolute Gasteiger partial charge is 0.338 e. The van der Waals surface area contributed by atoms with Crippen LogP contribution in [-0.2, 0) is 25.9 Å². The Morgan fingerprint density at radius 2 is 1.85 bits per heavy atom. The van der Waals surface area contributed by atoms with Crippen LogP contribution in [0.5, 0.6) is 0 Å². The fourth-order valence-electron chi connectivity index (χ4n) is 2.76. The van der Waals surface area contributed by atoms with Gasteiger partial charge in [-0.2, -0.15) is 0 Å². The number of ether oxygens (including phenoxy) is 2. The van der Waals surface area contributed by atoms with E-state index in [0.29, 0.717) is 18.7 Å². The van der Waals surface area contributed by atoms with E-state index in [2.05, 4.69) is 0 Å². The van der Waals surface area contributed by atoms with Gasteiger partial charge in [-0.25, -0.2) is 13.2 Å². The summed E-state index contributed by atoms with van der Waals surface area (Å²) in [5, 5.41) is 0. The molecule has 0 N–H and O–H groups in total. The van der Waals surface area contributed by atoms with Crippen LogP contribution in [0.4, 0.5) is 0 Å². The normalized spacial score (nSPS) is 11.4. The molecule has 0 bridgehead atoms. The van der Waals surface area contributed by atoms with Gasteiger partial charge in [0.15, 0.2) is 16.4 Å². The lowest BCUT2D eigenvalue weighted by atomic mass is 10.1. The Morgan fingerprint density at radius 1 is 1.15 bits per heavy atom. The molecule has 2 rings (SSSR count). The van der Waals surface area contributed by atoms with Gasteiger partial charge >= 0.3 is 5.97 Å². The number of ketones is 1. The minimum atomic E-state index is -3.44. The van der Waals surface area contributed by atoms with Crippen molar-refractivity contribution in [2.45, 2.75) is 25.3 Å². The first-order valence-electron chi connectivity index (χ1n) is 8.31. The Morgan fingerprint density at radius 3 is 2.48 bits per heavy atom. The number of methoxy groups -OCH3 is 1. The number of benzene rings is 1. The highest BCUT2D eigenvalue weighted by atomic mass is 32.2. The van der Waals surface area contributed by atoms with Crippen LogP contribution in [0, 0.1) is 13.8 Å². The molecule has 27 heavy (non-hydrogen) atoms. The van der Waals surface area contributed by atoms with Crippen LogP contribution >= 0.6 is 0 Å². The van der Waals surface area contributed by atoms with Gasteiger partial charge in [0.05, 0.1) is 17.1 Å². The molecule has 146 valence electrons. The Hall–Kier alpha value is -2.45. The lowest BCUT2D eigenvalue weighted by Gasteiger charge is -2.09.